The highest BCUT2D eigenvalue weighted by molar-refractivity contribution is 5.45. The lowest BCUT2D eigenvalue weighted by atomic mass is 9.98. The third kappa shape index (κ3) is 3.25. The molecule has 0 fully saturated rings. The number of hydrogen-bond acceptors (Lipinski definition) is 2. The zero-order valence-corrected chi connectivity index (χ0v) is 12.0. The van der Waals surface area contributed by atoms with Crippen molar-refractivity contribution in [2.45, 2.75) is 25.7 Å². The molecule has 2 nitrogen and oxygen atoms in total. The van der Waals surface area contributed by atoms with Gasteiger partial charge in [-0.3, -0.25) is 4.90 Å². The molecule has 2 aromatic rings. The molecule has 1 aliphatic rings. The summed E-state index contributed by atoms with van der Waals surface area (Å²) in [5, 5.41) is 0. The van der Waals surface area contributed by atoms with Gasteiger partial charge in [-0.15, -0.1) is 0 Å². The second kappa shape index (κ2) is 5.65. The molecule has 0 saturated heterocycles. The van der Waals surface area contributed by atoms with Crippen LogP contribution in [-0.4, -0.2) is 11.4 Å². The number of nitrogen functional groups attached to an aromatic ring is 1. The van der Waals surface area contributed by atoms with Gasteiger partial charge < -0.3 is 5.73 Å². The first-order valence-electron chi connectivity index (χ1n) is 7.17. The van der Waals surface area contributed by atoms with Gasteiger partial charge in [0.25, 0.3) is 0 Å². The number of benzene rings is 2. The molecule has 2 N–H and O–H groups in total. The lowest BCUT2D eigenvalue weighted by Gasteiger charge is -2.29. The van der Waals surface area contributed by atoms with E-state index in [1.54, 1.807) is 6.07 Å². The van der Waals surface area contributed by atoms with Gasteiger partial charge in [-0.05, 0) is 41.3 Å². The van der Waals surface area contributed by atoms with Crippen LogP contribution < -0.4 is 5.73 Å². The first-order valence-corrected chi connectivity index (χ1v) is 7.17. The van der Waals surface area contributed by atoms with Gasteiger partial charge in [0.05, 0.1) is 5.56 Å². The predicted octanol–water partition coefficient (Wildman–Crippen LogP) is 3.85. The highest BCUT2D eigenvalue weighted by Crippen LogP contribution is 2.30. The summed E-state index contributed by atoms with van der Waals surface area (Å²) in [6, 6.07) is 11.4. The number of rotatable bonds is 2. The van der Waals surface area contributed by atoms with E-state index >= 15 is 0 Å². The van der Waals surface area contributed by atoms with Gasteiger partial charge in [0.2, 0.25) is 0 Å². The molecule has 1 heterocycles. The van der Waals surface area contributed by atoms with E-state index in [0.29, 0.717) is 12.1 Å². The Balaban J connectivity index is 1.74. The van der Waals surface area contributed by atoms with Crippen LogP contribution in [0.2, 0.25) is 0 Å². The van der Waals surface area contributed by atoms with E-state index in [-0.39, 0.29) is 0 Å². The van der Waals surface area contributed by atoms with Crippen molar-refractivity contribution in [3.05, 3.63) is 64.7 Å². The minimum absolute atomic E-state index is 0.522. The molecule has 0 aliphatic carbocycles. The van der Waals surface area contributed by atoms with Crippen LogP contribution in [0.5, 0.6) is 0 Å². The second-order valence-corrected chi connectivity index (χ2v) is 5.69. The third-order valence-corrected chi connectivity index (χ3v) is 3.98. The minimum atomic E-state index is -4.29. The standard InChI is InChI=1S/C17H17F3N2/c18-17(19,20)15-3-1-2-12(8-15)10-22-7-6-13-9-16(21)5-4-14(13)11-22/h1-5,8-9H,6-7,10-11,21H2. The average Bonchev–Trinajstić information content (AvgIpc) is 2.47. The molecule has 116 valence electrons. The highest BCUT2D eigenvalue weighted by Gasteiger charge is 2.30. The lowest BCUT2D eigenvalue weighted by molar-refractivity contribution is -0.137. The smallest absolute Gasteiger partial charge is 0.399 e. The Kier molecular flexibility index (Phi) is 3.83. The van der Waals surface area contributed by atoms with E-state index in [4.69, 9.17) is 5.73 Å². The zero-order valence-electron chi connectivity index (χ0n) is 12.0. The quantitative estimate of drug-likeness (QED) is 0.854. The van der Waals surface area contributed by atoms with Crippen molar-refractivity contribution in [2.75, 3.05) is 12.3 Å². The van der Waals surface area contributed by atoms with Crippen molar-refractivity contribution in [3.63, 3.8) is 0 Å². The molecular formula is C17H17F3N2. The summed E-state index contributed by atoms with van der Waals surface area (Å²) in [6.07, 6.45) is -3.42. The fourth-order valence-electron chi connectivity index (χ4n) is 2.87. The minimum Gasteiger partial charge on any atom is -0.399 e. The van der Waals surface area contributed by atoms with Crippen LogP contribution in [0, 0.1) is 0 Å². The molecular weight excluding hydrogens is 289 g/mol. The number of nitrogens with two attached hydrogens (primary N) is 1. The molecule has 3 rings (SSSR count). The second-order valence-electron chi connectivity index (χ2n) is 5.69. The maximum atomic E-state index is 12.8. The van der Waals surface area contributed by atoms with Crippen molar-refractivity contribution >= 4 is 5.69 Å². The van der Waals surface area contributed by atoms with Crippen LogP contribution in [0.3, 0.4) is 0 Å². The summed E-state index contributed by atoms with van der Waals surface area (Å²) in [6.45, 7) is 2.09. The van der Waals surface area contributed by atoms with Crippen molar-refractivity contribution in [3.8, 4) is 0 Å². The van der Waals surface area contributed by atoms with Crippen LogP contribution in [0.25, 0.3) is 0 Å². The molecule has 0 amide bonds. The summed E-state index contributed by atoms with van der Waals surface area (Å²) in [4.78, 5) is 2.16. The molecule has 0 saturated carbocycles. The van der Waals surface area contributed by atoms with Crippen molar-refractivity contribution in [1.29, 1.82) is 0 Å². The number of nitrogens with zero attached hydrogens (tertiary/aromatic N) is 1. The molecule has 0 bridgehead atoms. The van der Waals surface area contributed by atoms with Gasteiger partial charge in [0, 0.05) is 25.3 Å². The summed E-state index contributed by atoms with van der Waals surface area (Å²) in [7, 11) is 0. The van der Waals surface area contributed by atoms with Crippen LogP contribution >= 0.6 is 0 Å². The molecule has 0 aromatic heterocycles. The molecule has 1 aliphatic heterocycles. The Morgan fingerprint density at radius 2 is 1.86 bits per heavy atom. The number of halogens is 3. The molecule has 0 unspecified atom stereocenters. The van der Waals surface area contributed by atoms with Gasteiger partial charge in [-0.25, -0.2) is 0 Å². The average molecular weight is 306 g/mol. The van der Waals surface area contributed by atoms with Crippen molar-refractivity contribution in [1.82, 2.24) is 4.90 Å². The topological polar surface area (TPSA) is 29.3 Å². The van der Waals surface area contributed by atoms with Crippen LogP contribution in [0.1, 0.15) is 22.3 Å². The van der Waals surface area contributed by atoms with Crippen LogP contribution in [0.4, 0.5) is 18.9 Å². The number of fused-ring (bicyclic) bond motifs is 1. The SMILES string of the molecule is Nc1ccc2c(c1)CCN(Cc1cccc(C(F)(F)F)c1)C2. The molecule has 22 heavy (non-hydrogen) atoms. The van der Waals surface area contributed by atoms with Gasteiger partial charge >= 0.3 is 6.18 Å². The van der Waals surface area contributed by atoms with Gasteiger partial charge in [0.15, 0.2) is 0 Å². The summed E-state index contributed by atoms with van der Waals surface area (Å²) >= 11 is 0. The maximum Gasteiger partial charge on any atom is 0.416 e. The molecule has 0 radical (unpaired) electrons. The van der Waals surface area contributed by atoms with Crippen LogP contribution in [0.15, 0.2) is 42.5 Å². The highest BCUT2D eigenvalue weighted by atomic mass is 19.4. The Hall–Kier alpha value is -2.01. The number of alkyl halides is 3. The Bertz CT molecular complexity index is 680. The fourth-order valence-corrected chi connectivity index (χ4v) is 2.87. The van der Waals surface area contributed by atoms with E-state index in [9.17, 15) is 13.2 Å². The van der Waals surface area contributed by atoms with Crippen molar-refractivity contribution in [2.24, 2.45) is 0 Å². The first kappa shape index (κ1) is 14.9. The third-order valence-electron chi connectivity index (χ3n) is 3.98. The number of hydrogen-bond donors (Lipinski definition) is 1. The Morgan fingerprint density at radius 1 is 1.05 bits per heavy atom. The number of anilines is 1. The molecule has 2 aromatic carbocycles. The summed E-state index contributed by atoms with van der Waals surface area (Å²) in [5.74, 6) is 0. The Labute approximate surface area is 127 Å². The molecule has 0 spiro atoms. The van der Waals surface area contributed by atoms with E-state index in [1.807, 2.05) is 18.2 Å². The summed E-state index contributed by atoms with van der Waals surface area (Å²) < 4.78 is 38.3. The van der Waals surface area contributed by atoms with E-state index in [0.717, 1.165) is 31.3 Å². The van der Waals surface area contributed by atoms with Crippen molar-refractivity contribution < 1.29 is 13.2 Å². The Morgan fingerprint density at radius 3 is 2.64 bits per heavy atom. The van der Waals surface area contributed by atoms with Crippen LogP contribution in [-0.2, 0) is 25.7 Å². The summed E-state index contributed by atoms with van der Waals surface area (Å²) in [5.41, 5.74) is 9.07. The van der Waals surface area contributed by atoms with Gasteiger partial charge in [-0.2, -0.15) is 13.2 Å². The zero-order chi connectivity index (χ0) is 15.7. The van der Waals surface area contributed by atoms with E-state index < -0.39 is 11.7 Å². The predicted molar refractivity (Wildman–Crippen MR) is 80.1 cm³/mol. The normalized spacial score (nSPS) is 15.6. The van der Waals surface area contributed by atoms with E-state index in [1.165, 1.54) is 23.3 Å². The monoisotopic (exact) mass is 306 g/mol. The fraction of sp³-hybridized carbons (Fsp3) is 0.294. The molecule has 0 atom stereocenters. The lowest BCUT2D eigenvalue weighted by Crippen LogP contribution is -2.30. The molecule has 5 heteroatoms. The van der Waals surface area contributed by atoms with E-state index in [2.05, 4.69) is 4.90 Å². The maximum absolute atomic E-state index is 12.8. The van der Waals surface area contributed by atoms with Gasteiger partial charge in [-0.1, -0.05) is 24.3 Å². The van der Waals surface area contributed by atoms with Gasteiger partial charge in [0.1, 0.15) is 0 Å². The largest absolute Gasteiger partial charge is 0.416 e. The first-order chi connectivity index (χ1) is 10.4.